The van der Waals surface area contributed by atoms with Crippen LogP contribution in [0.3, 0.4) is 0 Å². The Kier molecular flexibility index (Phi) is 9.35. The van der Waals surface area contributed by atoms with Crippen LogP contribution < -0.4 is 0 Å². The summed E-state index contributed by atoms with van der Waals surface area (Å²) in [5, 5.41) is 0. The molecule has 0 bridgehead atoms. The van der Waals surface area contributed by atoms with Gasteiger partial charge in [-0.3, -0.25) is 14.1 Å². The van der Waals surface area contributed by atoms with Crippen LogP contribution in [0, 0.1) is 20.8 Å². The number of halogens is 3. The first-order valence-electron chi connectivity index (χ1n) is 3.36. The molecule has 0 aliphatic rings. The Labute approximate surface area is 81.9 Å². The Hall–Kier alpha value is -0.770. The highest BCUT2D eigenvalue weighted by Crippen LogP contribution is 2.19. The van der Waals surface area contributed by atoms with Crippen molar-refractivity contribution in [3.8, 4) is 0 Å². The van der Waals surface area contributed by atoms with Crippen molar-refractivity contribution in [2.45, 2.75) is 25.7 Å². The van der Waals surface area contributed by atoms with E-state index in [4.69, 9.17) is 12.6 Å². The molecule has 0 saturated carbocycles. The smallest absolute Gasteiger partial charge is 0.0435 e. The lowest BCUT2D eigenvalue weighted by Gasteiger charge is -2.02. The molecule has 0 aromatic heterocycles. The Morgan fingerprint density at radius 3 is 1.46 bits per heavy atom. The van der Waals surface area contributed by atoms with Gasteiger partial charge in [0.25, 0.3) is 0 Å². The zero-order valence-electron chi connectivity index (χ0n) is 7.79. The maximum Gasteiger partial charge on any atom is 0.0435 e. The lowest BCUT2D eigenvalue weighted by Crippen LogP contribution is -1.83. The fourth-order valence-electron chi connectivity index (χ4n) is 1.17. The molecule has 1 rings (SSSR count). The van der Waals surface area contributed by atoms with Crippen molar-refractivity contribution >= 4 is 12.6 Å². The first-order chi connectivity index (χ1) is 4.61. The molecule has 0 aliphatic heterocycles. The normalized spacial score (nSPS) is 7.62. The highest BCUT2D eigenvalue weighted by molar-refractivity contribution is 7.80. The van der Waals surface area contributed by atoms with Crippen molar-refractivity contribution in [1.82, 2.24) is 0 Å². The number of rotatable bonds is 0. The Bertz CT molecular complexity index is 238. The highest BCUT2D eigenvalue weighted by Gasteiger charge is 1.98. The average Bonchev–Trinajstić information content (AvgIpc) is 1.82. The summed E-state index contributed by atoms with van der Waals surface area (Å²) in [6.45, 7) is 6.21. The standard InChI is InChI=1S/C9H11S.3FH/c1-6-4-7(2)9(10)8(3)5-6;;;/h4-5H,1-3H3;3*1H. The molecule has 0 atom stereocenters. The molecule has 13 heavy (non-hydrogen) atoms. The first-order valence-corrected chi connectivity index (χ1v) is 3.77. The third-order valence-electron chi connectivity index (χ3n) is 1.60. The Morgan fingerprint density at radius 1 is 0.846 bits per heavy atom. The second-order valence-electron chi connectivity index (χ2n) is 2.73. The monoisotopic (exact) mass is 211 g/mol. The van der Waals surface area contributed by atoms with Crippen LogP contribution >= 0.6 is 12.6 Å². The summed E-state index contributed by atoms with van der Waals surface area (Å²) >= 11 is 5.15. The first kappa shape index (κ1) is 18.1. The molecule has 1 aromatic rings. The number of hydrogen-bond donors (Lipinski definition) is 0. The van der Waals surface area contributed by atoms with Gasteiger partial charge in [-0.05, 0) is 31.9 Å². The van der Waals surface area contributed by atoms with E-state index in [1.807, 2.05) is 0 Å². The van der Waals surface area contributed by atoms with E-state index in [0.717, 1.165) is 4.90 Å². The molecule has 0 spiro atoms. The Balaban J connectivity index is -0.000000333. The van der Waals surface area contributed by atoms with Crippen molar-refractivity contribution in [1.29, 1.82) is 0 Å². The predicted molar refractivity (Wildman–Crippen MR) is 54.0 cm³/mol. The minimum Gasteiger partial charge on any atom is -0.269 e. The summed E-state index contributed by atoms with van der Waals surface area (Å²) in [4.78, 5) is 1.01. The van der Waals surface area contributed by atoms with E-state index in [9.17, 15) is 0 Å². The summed E-state index contributed by atoms with van der Waals surface area (Å²) in [5.41, 5.74) is 3.73. The SMILES string of the molecule is Cc1cc(C)c([S])c(C)c1.F.F.F. The van der Waals surface area contributed by atoms with Gasteiger partial charge in [0.1, 0.15) is 0 Å². The van der Waals surface area contributed by atoms with Crippen LogP contribution in [0.1, 0.15) is 16.7 Å². The van der Waals surface area contributed by atoms with Gasteiger partial charge >= 0.3 is 0 Å². The third-order valence-corrected chi connectivity index (χ3v) is 2.25. The second kappa shape index (κ2) is 6.71. The fourth-order valence-corrected chi connectivity index (χ4v) is 1.28. The highest BCUT2D eigenvalue weighted by atomic mass is 32.1. The maximum absolute atomic E-state index is 5.15. The van der Waals surface area contributed by atoms with Gasteiger partial charge in [-0.1, -0.05) is 30.3 Å². The van der Waals surface area contributed by atoms with Crippen molar-refractivity contribution < 1.29 is 14.1 Å². The zero-order valence-corrected chi connectivity index (χ0v) is 8.60. The van der Waals surface area contributed by atoms with Gasteiger partial charge in [0.15, 0.2) is 0 Å². The number of aryl methyl sites for hydroxylation is 3. The molecule has 4 heteroatoms. The summed E-state index contributed by atoms with van der Waals surface area (Å²) < 4.78 is 0. The third kappa shape index (κ3) is 4.12. The molecular formula is C9H14F3S. The van der Waals surface area contributed by atoms with Gasteiger partial charge in [-0.25, -0.2) is 0 Å². The number of benzene rings is 1. The molecule has 77 valence electrons. The van der Waals surface area contributed by atoms with E-state index in [1.54, 1.807) is 0 Å². The summed E-state index contributed by atoms with van der Waals surface area (Å²) in [6, 6.07) is 4.24. The van der Waals surface area contributed by atoms with Gasteiger partial charge in [-0.2, -0.15) is 0 Å². The van der Waals surface area contributed by atoms with Gasteiger partial charge in [0, 0.05) is 4.90 Å². The summed E-state index contributed by atoms with van der Waals surface area (Å²) in [7, 11) is 0. The van der Waals surface area contributed by atoms with Crippen LogP contribution in [-0.2, 0) is 0 Å². The van der Waals surface area contributed by atoms with E-state index in [-0.39, 0.29) is 14.1 Å². The van der Waals surface area contributed by atoms with Crippen LogP contribution in [0.15, 0.2) is 17.0 Å². The molecule has 0 aliphatic carbocycles. The van der Waals surface area contributed by atoms with Gasteiger partial charge in [0.2, 0.25) is 0 Å². The van der Waals surface area contributed by atoms with Gasteiger partial charge in [0.05, 0.1) is 0 Å². The molecular weight excluding hydrogens is 197 g/mol. The van der Waals surface area contributed by atoms with Crippen molar-refractivity contribution in [2.24, 2.45) is 0 Å². The molecule has 1 aromatic carbocycles. The quantitative estimate of drug-likeness (QED) is 0.614. The second-order valence-corrected chi connectivity index (χ2v) is 3.14. The molecule has 0 saturated heterocycles. The van der Waals surface area contributed by atoms with Crippen LogP contribution in [0.4, 0.5) is 14.1 Å². The lowest BCUT2D eigenvalue weighted by atomic mass is 10.1. The minimum atomic E-state index is 0. The van der Waals surface area contributed by atoms with E-state index in [0.29, 0.717) is 0 Å². The van der Waals surface area contributed by atoms with Crippen LogP contribution in [-0.4, -0.2) is 0 Å². The molecule has 0 N–H and O–H groups in total. The van der Waals surface area contributed by atoms with Gasteiger partial charge < -0.3 is 0 Å². The minimum absolute atomic E-state index is 0. The molecule has 0 amide bonds. The molecule has 0 unspecified atom stereocenters. The van der Waals surface area contributed by atoms with Crippen molar-refractivity contribution in [2.75, 3.05) is 0 Å². The lowest BCUT2D eigenvalue weighted by molar-refractivity contribution is 1.11. The van der Waals surface area contributed by atoms with E-state index >= 15 is 0 Å². The maximum atomic E-state index is 5.15. The van der Waals surface area contributed by atoms with Crippen LogP contribution in [0.2, 0.25) is 0 Å². The van der Waals surface area contributed by atoms with E-state index in [1.165, 1.54) is 16.7 Å². The zero-order chi connectivity index (χ0) is 7.72. The topological polar surface area (TPSA) is 0 Å². The van der Waals surface area contributed by atoms with Crippen LogP contribution in [0.25, 0.3) is 0 Å². The van der Waals surface area contributed by atoms with E-state index < -0.39 is 0 Å². The predicted octanol–water partition coefficient (Wildman–Crippen LogP) is 3.63. The van der Waals surface area contributed by atoms with E-state index in [2.05, 4.69) is 32.9 Å². The summed E-state index contributed by atoms with van der Waals surface area (Å²) in [5.74, 6) is 0. The Morgan fingerprint density at radius 2 is 1.15 bits per heavy atom. The number of hydrogen-bond acceptors (Lipinski definition) is 0. The largest absolute Gasteiger partial charge is 0.269 e. The summed E-state index contributed by atoms with van der Waals surface area (Å²) in [6.07, 6.45) is 0. The fraction of sp³-hybridized carbons (Fsp3) is 0.333. The molecule has 0 heterocycles. The molecule has 0 fully saturated rings. The van der Waals surface area contributed by atoms with Crippen LogP contribution in [0.5, 0.6) is 0 Å². The van der Waals surface area contributed by atoms with Crippen molar-refractivity contribution in [3.63, 3.8) is 0 Å². The average molecular weight is 211 g/mol. The van der Waals surface area contributed by atoms with Gasteiger partial charge in [-0.15, -0.1) is 0 Å². The molecule has 0 nitrogen and oxygen atoms in total. The molecule has 1 radical (unpaired) electrons. The van der Waals surface area contributed by atoms with Crippen molar-refractivity contribution in [3.05, 3.63) is 28.8 Å².